The summed E-state index contributed by atoms with van der Waals surface area (Å²) in [5.41, 5.74) is 7.16. The first kappa shape index (κ1) is 22.0. The second-order valence-corrected chi connectivity index (χ2v) is 6.41. The SMILES string of the molecule is Cl.Cl.NC(C(=O)NCc1ccnc(N2CCCC2)c1)C1CCOCC1. The molecule has 0 aromatic carbocycles. The molecule has 0 bridgehead atoms. The lowest BCUT2D eigenvalue weighted by molar-refractivity contribution is -0.124. The van der Waals surface area contributed by atoms with E-state index in [9.17, 15) is 4.79 Å². The Hall–Kier alpha value is -1.08. The first-order valence-electron chi connectivity index (χ1n) is 8.55. The first-order chi connectivity index (χ1) is 11.2. The number of nitrogens with zero attached hydrogens (tertiary/aromatic N) is 2. The molecular formula is C17H28Cl2N4O2. The van der Waals surface area contributed by atoms with Crippen LogP contribution in [-0.4, -0.2) is 43.2 Å². The molecule has 2 aliphatic heterocycles. The molecular weight excluding hydrogens is 363 g/mol. The van der Waals surface area contributed by atoms with Crippen LogP contribution in [0.15, 0.2) is 18.3 Å². The standard InChI is InChI=1S/C17H26N4O2.2ClH/c18-16(14-4-9-23-10-5-14)17(22)20-12-13-3-6-19-15(11-13)21-7-1-2-8-21;;/h3,6,11,14,16H,1-2,4-5,7-10,12,18H2,(H,20,22);2*1H. The van der Waals surface area contributed by atoms with E-state index in [0.29, 0.717) is 19.8 Å². The van der Waals surface area contributed by atoms with Crippen LogP contribution in [0.2, 0.25) is 0 Å². The molecule has 3 rings (SSSR count). The van der Waals surface area contributed by atoms with Gasteiger partial charge in [-0.2, -0.15) is 0 Å². The molecule has 142 valence electrons. The van der Waals surface area contributed by atoms with Gasteiger partial charge in [0.25, 0.3) is 0 Å². The number of amides is 1. The van der Waals surface area contributed by atoms with Crippen molar-refractivity contribution in [3.63, 3.8) is 0 Å². The summed E-state index contributed by atoms with van der Waals surface area (Å²) in [6, 6.07) is 3.56. The van der Waals surface area contributed by atoms with Crippen LogP contribution in [0.25, 0.3) is 0 Å². The highest BCUT2D eigenvalue weighted by Crippen LogP contribution is 2.19. The van der Waals surface area contributed by atoms with Crippen LogP contribution in [0, 0.1) is 5.92 Å². The van der Waals surface area contributed by atoms with Gasteiger partial charge in [0.1, 0.15) is 5.82 Å². The van der Waals surface area contributed by atoms with Crippen LogP contribution in [0.3, 0.4) is 0 Å². The van der Waals surface area contributed by atoms with Crippen molar-refractivity contribution in [3.8, 4) is 0 Å². The lowest BCUT2D eigenvalue weighted by Crippen LogP contribution is -2.46. The number of hydrogen-bond donors (Lipinski definition) is 2. The maximum Gasteiger partial charge on any atom is 0.237 e. The number of carbonyl (C=O) groups excluding carboxylic acids is 1. The minimum Gasteiger partial charge on any atom is -0.381 e. The third kappa shape index (κ3) is 5.99. The van der Waals surface area contributed by atoms with Crippen molar-refractivity contribution in [2.75, 3.05) is 31.2 Å². The molecule has 3 N–H and O–H groups in total. The van der Waals surface area contributed by atoms with Crippen LogP contribution in [-0.2, 0) is 16.1 Å². The van der Waals surface area contributed by atoms with Crippen molar-refractivity contribution in [2.24, 2.45) is 11.7 Å². The zero-order valence-electron chi connectivity index (χ0n) is 14.4. The smallest absolute Gasteiger partial charge is 0.237 e. The van der Waals surface area contributed by atoms with Crippen LogP contribution in [0.1, 0.15) is 31.2 Å². The maximum absolute atomic E-state index is 12.3. The molecule has 1 atom stereocenters. The summed E-state index contributed by atoms with van der Waals surface area (Å²) in [6.07, 6.45) is 5.99. The Balaban J connectivity index is 0.00000156. The summed E-state index contributed by atoms with van der Waals surface area (Å²) in [5, 5.41) is 2.96. The third-order valence-corrected chi connectivity index (χ3v) is 4.78. The number of ether oxygens (including phenoxy) is 1. The van der Waals surface area contributed by atoms with Crippen molar-refractivity contribution >= 4 is 36.5 Å². The number of pyridine rings is 1. The Morgan fingerprint density at radius 3 is 2.68 bits per heavy atom. The summed E-state index contributed by atoms with van der Waals surface area (Å²) < 4.78 is 5.32. The van der Waals surface area contributed by atoms with E-state index in [1.54, 1.807) is 0 Å². The fourth-order valence-electron chi connectivity index (χ4n) is 3.29. The van der Waals surface area contributed by atoms with Crippen molar-refractivity contribution in [3.05, 3.63) is 23.9 Å². The molecule has 8 heteroatoms. The monoisotopic (exact) mass is 390 g/mol. The first-order valence-corrected chi connectivity index (χ1v) is 8.55. The molecule has 0 spiro atoms. The highest BCUT2D eigenvalue weighted by Gasteiger charge is 2.26. The minimum atomic E-state index is -0.446. The molecule has 2 aliphatic rings. The molecule has 0 aliphatic carbocycles. The van der Waals surface area contributed by atoms with E-state index in [-0.39, 0.29) is 36.6 Å². The quantitative estimate of drug-likeness (QED) is 0.802. The van der Waals surface area contributed by atoms with E-state index in [1.807, 2.05) is 12.3 Å². The summed E-state index contributed by atoms with van der Waals surface area (Å²) >= 11 is 0. The zero-order valence-corrected chi connectivity index (χ0v) is 16.0. The van der Waals surface area contributed by atoms with Gasteiger partial charge < -0.3 is 20.7 Å². The highest BCUT2D eigenvalue weighted by atomic mass is 35.5. The lowest BCUT2D eigenvalue weighted by atomic mass is 9.92. The normalized spacial score (nSPS) is 18.8. The Morgan fingerprint density at radius 2 is 2.00 bits per heavy atom. The number of aromatic nitrogens is 1. The molecule has 2 fully saturated rings. The second-order valence-electron chi connectivity index (χ2n) is 6.41. The molecule has 3 heterocycles. The second kappa shape index (κ2) is 10.8. The largest absolute Gasteiger partial charge is 0.381 e. The zero-order chi connectivity index (χ0) is 16.1. The number of anilines is 1. The Labute approximate surface area is 161 Å². The molecule has 0 radical (unpaired) electrons. The highest BCUT2D eigenvalue weighted by molar-refractivity contribution is 5.85. The summed E-state index contributed by atoms with van der Waals surface area (Å²) in [6.45, 7) is 4.04. The van der Waals surface area contributed by atoms with E-state index >= 15 is 0 Å². The van der Waals surface area contributed by atoms with Gasteiger partial charge in [0, 0.05) is 39.0 Å². The van der Waals surface area contributed by atoms with Crippen LogP contribution in [0.5, 0.6) is 0 Å². The molecule has 1 amide bonds. The molecule has 25 heavy (non-hydrogen) atoms. The Morgan fingerprint density at radius 1 is 1.32 bits per heavy atom. The van der Waals surface area contributed by atoms with Crippen LogP contribution in [0.4, 0.5) is 5.82 Å². The average Bonchev–Trinajstić information content (AvgIpc) is 3.15. The van der Waals surface area contributed by atoms with Crippen LogP contribution < -0.4 is 16.0 Å². The maximum atomic E-state index is 12.3. The Kier molecular flexibility index (Phi) is 9.50. The van der Waals surface area contributed by atoms with Gasteiger partial charge in [0.15, 0.2) is 0 Å². The molecule has 1 unspecified atom stereocenters. The van der Waals surface area contributed by atoms with Crippen molar-refractivity contribution in [1.82, 2.24) is 10.3 Å². The van der Waals surface area contributed by atoms with Gasteiger partial charge in [-0.15, -0.1) is 24.8 Å². The van der Waals surface area contributed by atoms with E-state index in [4.69, 9.17) is 10.5 Å². The van der Waals surface area contributed by atoms with Gasteiger partial charge in [-0.05, 0) is 49.3 Å². The number of carbonyl (C=O) groups is 1. The van der Waals surface area contributed by atoms with E-state index in [0.717, 1.165) is 37.3 Å². The average molecular weight is 391 g/mol. The fraction of sp³-hybridized carbons (Fsp3) is 0.647. The number of nitrogens with one attached hydrogen (secondary N) is 1. The van der Waals surface area contributed by atoms with Gasteiger partial charge >= 0.3 is 0 Å². The molecule has 1 aromatic rings. The summed E-state index contributed by atoms with van der Waals surface area (Å²) in [5.74, 6) is 1.15. The molecule has 6 nitrogen and oxygen atoms in total. The minimum absolute atomic E-state index is 0. The van der Waals surface area contributed by atoms with Gasteiger partial charge in [-0.25, -0.2) is 4.98 Å². The predicted octanol–water partition coefficient (Wildman–Crippen LogP) is 1.90. The fourth-order valence-corrected chi connectivity index (χ4v) is 3.29. The van der Waals surface area contributed by atoms with Crippen molar-refractivity contribution < 1.29 is 9.53 Å². The van der Waals surface area contributed by atoms with E-state index in [1.165, 1.54) is 12.8 Å². The summed E-state index contributed by atoms with van der Waals surface area (Å²) in [7, 11) is 0. The summed E-state index contributed by atoms with van der Waals surface area (Å²) in [4.78, 5) is 19.0. The topological polar surface area (TPSA) is 80.5 Å². The molecule has 1 aromatic heterocycles. The molecule has 0 saturated carbocycles. The van der Waals surface area contributed by atoms with Gasteiger partial charge in [-0.3, -0.25) is 4.79 Å². The third-order valence-electron chi connectivity index (χ3n) is 4.78. The van der Waals surface area contributed by atoms with Gasteiger partial charge in [0.2, 0.25) is 5.91 Å². The number of nitrogens with two attached hydrogens (primary N) is 1. The van der Waals surface area contributed by atoms with Crippen LogP contribution >= 0.6 is 24.8 Å². The Bertz CT molecular complexity index is 535. The van der Waals surface area contributed by atoms with E-state index < -0.39 is 6.04 Å². The van der Waals surface area contributed by atoms with Gasteiger partial charge in [-0.1, -0.05) is 0 Å². The number of rotatable bonds is 5. The number of hydrogen-bond acceptors (Lipinski definition) is 5. The van der Waals surface area contributed by atoms with Crippen molar-refractivity contribution in [2.45, 2.75) is 38.3 Å². The number of halogens is 2. The van der Waals surface area contributed by atoms with Gasteiger partial charge in [0.05, 0.1) is 6.04 Å². The lowest BCUT2D eigenvalue weighted by Gasteiger charge is -2.26. The predicted molar refractivity (Wildman–Crippen MR) is 104 cm³/mol. The van der Waals surface area contributed by atoms with Crippen molar-refractivity contribution in [1.29, 1.82) is 0 Å². The molecule has 2 saturated heterocycles. The van der Waals surface area contributed by atoms with E-state index in [2.05, 4.69) is 21.3 Å².